The lowest BCUT2D eigenvalue weighted by Gasteiger charge is -2.29. The average molecular weight is 296 g/mol. The van der Waals surface area contributed by atoms with E-state index in [1.54, 1.807) is 12.3 Å². The molecule has 1 fully saturated rings. The van der Waals surface area contributed by atoms with Crippen molar-refractivity contribution in [2.75, 3.05) is 11.6 Å². The Bertz CT molecular complexity index is 517. The molecule has 0 unspecified atom stereocenters. The second-order valence-corrected chi connectivity index (χ2v) is 7.77. The fourth-order valence-corrected chi connectivity index (χ4v) is 3.48. The lowest BCUT2D eigenvalue weighted by atomic mass is 9.83. The number of hydrogen-bond donors (Lipinski definition) is 1. The van der Waals surface area contributed by atoms with Crippen LogP contribution in [0.1, 0.15) is 45.4 Å². The molecular weight excluding hydrogens is 272 g/mol. The summed E-state index contributed by atoms with van der Waals surface area (Å²) in [7, 11) is -3.21. The third-order valence-corrected chi connectivity index (χ3v) is 5.03. The number of nitrogens with one attached hydrogen (secondary N) is 1. The molecule has 5 heteroatoms. The van der Waals surface area contributed by atoms with Gasteiger partial charge < -0.3 is 5.32 Å². The van der Waals surface area contributed by atoms with E-state index in [1.165, 1.54) is 44.8 Å². The molecule has 0 amide bonds. The molecular formula is C15H24N2O2S. The van der Waals surface area contributed by atoms with Gasteiger partial charge >= 0.3 is 0 Å². The van der Waals surface area contributed by atoms with Crippen LogP contribution in [0, 0.1) is 5.92 Å². The van der Waals surface area contributed by atoms with Crippen molar-refractivity contribution in [2.24, 2.45) is 5.92 Å². The van der Waals surface area contributed by atoms with E-state index in [2.05, 4.69) is 17.2 Å². The first-order valence-electron chi connectivity index (χ1n) is 7.41. The molecule has 0 aliphatic heterocycles. The SMILES string of the molecule is CCCC1CCC(Nc2ccc(S(C)(=O)=O)nc2)CC1. The lowest BCUT2D eigenvalue weighted by Crippen LogP contribution is -2.26. The van der Waals surface area contributed by atoms with Crippen LogP contribution in [0.15, 0.2) is 23.4 Å². The van der Waals surface area contributed by atoms with Gasteiger partial charge in [-0.15, -0.1) is 0 Å². The second kappa shape index (κ2) is 6.57. The topological polar surface area (TPSA) is 59.1 Å². The van der Waals surface area contributed by atoms with Crippen molar-refractivity contribution in [2.45, 2.75) is 56.5 Å². The van der Waals surface area contributed by atoms with E-state index in [9.17, 15) is 8.42 Å². The van der Waals surface area contributed by atoms with E-state index in [0.29, 0.717) is 6.04 Å². The predicted octanol–water partition coefficient (Wildman–Crippen LogP) is 3.26. The summed E-state index contributed by atoms with van der Waals surface area (Å²) in [5, 5.41) is 3.60. The zero-order chi connectivity index (χ0) is 14.6. The largest absolute Gasteiger partial charge is 0.381 e. The molecule has 0 bridgehead atoms. The molecule has 1 aliphatic carbocycles. The van der Waals surface area contributed by atoms with Gasteiger partial charge in [0, 0.05) is 12.3 Å². The summed E-state index contributed by atoms with van der Waals surface area (Å²) < 4.78 is 22.7. The Morgan fingerprint density at radius 3 is 2.45 bits per heavy atom. The van der Waals surface area contributed by atoms with Crippen molar-refractivity contribution in [3.8, 4) is 0 Å². The third-order valence-electron chi connectivity index (χ3n) is 4.03. The van der Waals surface area contributed by atoms with Crippen LogP contribution in [0.2, 0.25) is 0 Å². The summed E-state index contributed by atoms with van der Waals surface area (Å²) in [5.41, 5.74) is 0.913. The molecule has 2 rings (SSSR count). The third kappa shape index (κ3) is 4.20. The second-order valence-electron chi connectivity index (χ2n) is 5.81. The zero-order valence-electron chi connectivity index (χ0n) is 12.3. The molecule has 20 heavy (non-hydrogen) atoms. The summed E-state index contributed by atoms with van der Waals surface area (Å²) in [6.45, 7) is 2.25. The first-order chi connectivity index (χ1) is 9.49. The van der Waals surface area contributed by atoms with Crippen LogP contribution in [0.25, 0.3) is 0 Å². The van der Waals surface area contributed by atoms with Crippen molar-refractivity contribution >= 4 is 15.5 Å². The van der Waals surface area contributed by atoms with E-state index in [-0.39, 0.29) is 5.03 Å². The van der Waals surface area contributed by atoms with Gasteiger partial charge in [-0.1, -0.05) is 19.8 Å². The van der Waals surface area contributed by atoms with Crippen molar-refractivity contribution < 1.29 is 8.42 Å². The van der Waals surface area contributed by atoms with E-state index < -0.39 is 9.84 Å². The molecule has 0 radical (unpaired) electrons. The summed E-state index contributed by atoms with van der Waals surface area (Å²) in [5.74, 6) is 0.892. The monoisotopic (exact) mass is 296 g/mol. The predicted molar refractivity (Wildman–Crippen MR) is 81.6 cm³/mol. The molecule has 112 valence electrons. The highest BCUT2D eigenvalue weighted by Crippen LogP contribution is 2.29. The minimum Gasteiger partial charge on any atom is -0.381 e. The van der Waals surface area contributed by atoms with E-state index >= 15 is 0 Å². The number of pyridine rings is 1. The minimum atomic E-state index is -3.21. The number of hydrogen-bond acceptors (Lipinski definition) is 4. The van der Waals surface area contributed by atoms with E-state index in [1.807, 2.05) is 6.07 Å². The maximum atomic E-state index is 11.3. The number of sulfone groups is 1. The Morgan fingerprint density at radius 1 is 1.25 bits per heavy atom. The Labute approximate surface area is 121 Å². The highest BCUT2D eigenvalue weighted by atomic mass is 32.2. The summed E-state index contributed by atoms with van der Waals surface area (Å²) >= 11 is 0. The van der Waals surface area contributed by atoms with Crippen LogP contribution >= 0.6 is 0 Å². The van der Waals surface area contributed by atoms with Crippen molar-refractivity contribution in [3.05, 3.63) is 18.3 Å². The molecule has 1 aromatic heterocycles. The molecule has 0 spiro atoms. The van der Waals surface area contributed by atoms with Gasteiger partial charge in [-0.2, -0.15) is 0 Å². The summed E-state index contributed by atoms with van der Waals surface area (Å²) in [6, 6.07) is 3.87. The van der Waals surface area contributed by atoms with Gasteiger partial charge in [0.25, 0.3) is 0 Å². The van der Waals surface area contributed by atoms with Crippen molar-refractivity contribution in [1.29, 1.82) is 0 Å². The molecule has 1 aliphatic rings. The minimum absolute atomic E-state index is 0.134. The number of anilines is 1. The molecule has 4 nitrogen and oxygen atoms in total. The molecule has 1 heterocycles. The standard InChI is InChI=1S/C15H24N2O2S/c1-3-4-12-5-7-13(8-6-12)17-14-9-10-15(16-11-14)20(2,18)19/h9-13,17H,3-8H2,1-2H3. The van der Waals surface area contributed by atoms with Crippen LogP contribution in [0.4, 0.5) is 5.69 Å². The Kier molecular flexibility index (Phi) is 5.02. The maximum absolute atomic E-state index is 11.3. The Balaban J connectivity index is 1.89. The van der Waals surface area contributed by atoms with Gasteiger partial charge in [0.2, 0.25) is 0 Å². The van der Waals surface area contributed by atoms with Crippen LogP contribution in [0.5, 0.6) is 0 Å². The van der Waals surface area contributed by atoms with Gasteiger partial charge in [0.1, 0.15) is 0 Å². The van der Waals surface area contributed by atoms with Crippen LogP contribution in [-0.4, -0.2) is 25.7 Å². The number of rotatable bonds is 5. The Hall–Kier alpha value is -1.10. The van der Waals surface area contributed by atoms with Crippen LogP contribution < -0.4 is 5.32 Å². The zero-order valence-corrected chi connectivity index (χ0v) is 13.1. The number of aromatic nitrogens is 1. The Morgan fingerprint density at radius 2 is 1.95 bits per heavy atom. The summed E-state index contributed by atoms with van der Waals surface area (Å²) in [4.78, 5) is 4.01. The van der Waals surface area contributed by atoms with Crippen molar-refractivity contribution in [3.63, 3.8) is 0 Å². The molecule has 0 atom stereocenters. The van der Waals surface area contributed by atoms with Gasteiger partial charge in [-0.3, -0.25) is 0 Å². The fourth-order valence-electron chi connectivity index (χ4n) is 2.92. The average Bonchev–Trinajstić information content (AvgIpc) is 2.41. The number of nitrogens with zero attached hydrogens (tertiary/aromatic N) is 1. The first-order valence-corrected chi connectivity index (χ1v) is 9.31. The smallest absolute Gasteiger partial charge is 0.192 e. The fraction of sp³-hybridized carbons (Fsp3) is 0.667. The first kappa shape index (κ1) is 15.3. The van der Waals surface area contributed by atoms with Gasteiger partial charge in [-0.05, 0) is 43.7 Å². The summed E-state index contributed by atoms with van der Waals surface area (Å²) in [6.07, 6.45) is 10.4. The molecule has 0 aromatic carbocycles. The van der Waals surface area contributed by atoms with Gasteiger partial charge in [0.15, 0.2) is 14.9 Å². The van der Waals surface area contributed by atoms with Crippen molar-refractivity contribution in [1.82, 2.24) is 4.98 Å². The lowest BCUT2D eigenvalue weighted by molar-refractivity contribution is 0.319. The highest BCUT2D eigenvalue weighted by molar-refractivity contribution is 7.90. The van der Waals surface area contributed by atoms with Crippen LogP contribution in [0.3, 0.4) is 0 Å². The molecule has 1 aromatic rings. The highest BCUT2D eigenvalue weighted by Gasteiger charge is 2.20. The molecule has 0 saturated heterocycles. The van der Waals surface area contributed by atoms with E-state index in [0.717, 1.165) is 11.6 Å². The van der Waals surface area contributed by atoms with Crippen LogP contribution in [-0.2, 0) is 9.84 Å². The molecule has 1 saturated carbocycles. The van der Waals surface area contributed by atoms with E-state index in [4.69, 9.17) is 0 Å². The van der Waals surface area contributed by atoms with Gasteiger partial charge in [-0.25, -0.2) is 13.4 Å². The normalized spacial score (nSPS) is 23.5. The molecule has 1 N–H and O–H groups in total. The van der Waals surface area contributed by atoms with Gasteiger partial charge in [0.05, 0.1) is 11.9 Å². The quantitative estimate of drug-likeness (QED) is 0.906. The maximum Gasteiger partial charge on any atom is 0.192 e.